The van der Waals surface area contributed by atoms with Gasteiger partial charge in [-0.2, -0.15) is 0 Å². The largest absolute Gasteiger partial charge is 0.444 e. The molecule has 5 aliphatic heterocycles. The Kier molecular flexibility index (Phi) is 35.5. The SMILES string of the molecule is CC(C)(C)OC(=O)NC(C)(C)C1CN(c2ccc([N+](=O)[O-])nc2)CCO1.CC(C)(C)OC(=O)NC(C)(C)C1CN(c2ccc([N+](=O)[O-])nc2)CCO1.CC(C)(C)OC(=O)NC(C)(C)C1CNCCO1.CC(C)(N)C1CN(Cc2ccccc2)CCO1.CC(C)(N)C1CN(Cc2ccccc2)CCO1.O=[N+]([O-])c1ccc(F)cn1. The number of carbonyl (C=O) groups is 3. The van der Waals surface area contributed by atoms with Gasteiger partial charge in [-0.25, -0.2) is 18.8 Å². The monoisotopic (exact) mass is 1590 g/mol. The van der Waals surface area contributed by atoms with E-state index in [1.54, 1.807) is 53.7 Å². The minimum absolute atomic E-state index is 0.0382. The summed E-state index contributed by atoms with van der Waals surface area (Å²) in [4.78, 5) is 85.4. The number of rotatable bonds is 17. The molecule has 0 aliphatic carbocycles. The zero-order valence-electron chi connectivity index (χ0n) is 69.3. The molecule has 8 N–H and O–H groups in total. The third-order valence-electron chi connectivity index (χ3n) is 17.9. The topological polar surface area (TPSA) is 406 Å². The number of alkyl carbamates (subject to hydrolysis) is 3. The molecule has 2 aromatic carbocycles. The average Bonchev–Trinajstić information content (AvgIpc) is 0.803. The molecule has 5 fully saturated rings. The van der Waals surface area contributed by atoms with Gasteiger partial charge in [0, 0.05) is 108 Å². The smallest absolute Gasteiger partial charge is 0.408 e. The lowest BCUT2D eigenvalue weighted by molar-refractivity contribution is -0.389. The molecule has 0 spiro atoms. The van der Waals surface area contributed by atoms with Crippen LogP contribution in [0, 0.1) is 36.2 Å². The predicted octanol–water partition coefficient (Wildman–Crippen LogP) is 10.7. The summed E-state index contributed by atoms with van der Waals surface area (Å²) < 4.78 is 56.8. The molecule has 0 saturated carbocycles. The van der Waals surface area contributed by atoms with E-state index in [2.05, 4.69) is 107 Å². The van der Waals surface area contributed by atoms with Gasteiger partial charge in [-0.3, -0.25) is 9.80 Å². The maximum absolute atomic E-state index is 12.1. The molecule has 5 saturated heterocycles. The van der Waals surface area contributed by atoms with Crippen molar-refractivity contribution in [2.24, 2.45) is 11.5 Å². The Morgan fingerprint density at radius 3 is 1.06 bits per heavy atom. The van der Waals surface area contributed by atoms with E-state index in [1.165, 1.54) is 35.7 Å². The molecule has 5 atom stereocenters. The molecule has 0 bridgehead atoms. The first-order chi connectivity index (χ1) is 52.5. The van der Waals surface area contributed by atoms with Crippen molar-refractivity contribution < 1.29 is 71.4 Å². The number of nitrogens with two attached hydrogens (primary N) is 2. The standard InChI is InChI=1S/2C17H26N4O5.2C14H22N2O.C12H24N2O3.C5H3FN2O2/c2*1-16(2,3)26-15(22)19-17(4,5)13-11-20(8-9-25-13)12-6-7-14(18-10-12)21(23)24;2*1-14(2,15)13-11-16(8-9-17-13)10-12-6-4-3-5-7-12;1-11(2,3)17-10(15)14-12(4,5)9-8-13-6-7-16-9;6-4-1-2-5(7-3-4)8(9)10/h2*6-7,10,13H,8-9,11H2,1-5H3,(H,19,22);2*3-7,13H,8-11,15H2,1-2H3;9,13H,6-8H2,1-5H3,(H,14,15);1-3H. The van der Waals surface area contributed by atoms with Gasteiger partial charge in [0.25, 0.3) is 0 Å². The fourth-order valence-electron chi connectivity index (χ4n) is 11.7. The molecular weight excluding hydrogens is 1460 g/mol. The molecule has 628 valence electrons. The molecule has 3 amide bonds. The summed E-state index contributed by atoms with van der Waals surface area (Å²) in [7, 11) is 0. The minimum Gasteiger partial charge on any atom is -0.444 e. The van der Waals surface area contributed by atoms with Gasteiger partial charge < -0.3 is 111 Å². The molecule has 5 aromatic rings. The van der Waals surface area contributed by atoms with Crippen molar-refractivity contribution in [3.63, 3.8) is 0 Å². The van der Waals surface area contributed by atoms with Gasteiger partial charge in [-0.15, -0.1) is 0 Å². The summed E-state index contributed by atoms with van der Waals surface area (Å²) in [5.74, 6) is -1.30. The van der Waals surface area contributed by atoms with Crippen molar-refractivity contribution in [3.8, 4) is 0 Å². The first kappa shape index (κ1) is 94.6. The maximum Gasteiger partial charge on any atom is 0.408 e. The lowest BCUT2D eigenvalue weighted by Crippen LogP contribution is -2.60. The zero-order chi connectivity index (χ0) is 84.3. The van der Waals surface area contributed by atoms with Crippen molar-refractivity contribution in [1.29, 1.82) is 0 Å². The van der Waals surface area contributed by atoms with Crippen molar-refractivity contribution in [3.05, 3.63) is 163 Å². The molecule has 5 aliphatic rings. The van der Waals surface area contributed by atoms with E-state index in [0.29, 0.717) is 46.0 Å². The zero-order valence-corrected chi connectivity index (χ0v) is 69.3. The molecule has 10 rings (SSSR count). The molecule has 8 heterocycles. The third-order valence-corrected chi connectivity index (χ3v) is 17.9. The number of halogens is 1. The minimum atomic E-state index is -0.681. The maximum atomic E-state index is 12.1. The molecule has 113 heavy (non-hydrogen) atoms. The van der Waals surface area contributed by atoms with Gasteiger partial charge in [0.15, 0.2) is 24.4 Å². The Morgan fingerprint density at radius 2 is 0.770 bits per heavy atom. The van der Waals surface area contributed by atoms with Gasteiger partial charge >= 0.3 is 35.7 Å². The highest BCUT2D eigenvalue weighted by Gasteiger charge is 2.41. The summed E-state index contributed by atoms with van der Waals surface area (Å²) >= 11 is 0. The molecular formula is C79H123FN16O17. The Balaban J connectivity index is 0.000000248. The van der Waals surface area contributed by atoms with Crippen LogP contribution in [-0.2, 0) is 51.0 Å². The highest BCUT2D eigenvalue weighted by Crippen LogP contribution is 2.28. The van der Waals surface area contributed by atoms with Crippen LogP contribution in [0.15, 0.2) is 116 Å². The number of aromatic nitrogens is 3. The number of carbonyl (C=O) groups excluding carboxylic acids is 3. The number of anilines is 2. The molecule has 34 heteroatoms. The summed E-state index contributed by atoms with van der Waals surface area (Å²) in [6, 6.07) is 29.2. The van der Waals surface area contributed by atoms with E-state index < -0.39 is 72.3 Å². The number of hydrogen-bond donors (Lipinski definition) is 6. The number of morpholine rings is 5. The van der Waals surface area contributed by atoms with Crippen LogP contribution in [-0.4, -0.2) is 231 Å². The quantitative estimate of drug-likeness (QED) is 0.0286. The van der Waals surface area contributed by atoms with Crippen LogP contribution in [0.5, 0.6) is 0 Å². The van der Waals surface area contributed by atoms with Gasteiger partial charge in [-0.1, -0.05) is 60.7 Å². The van der Waals surface area contributed by atoms with Crippen LogP contribution < -0.4 is 42.5 Å². The fraction of sp³-hybridized carbons (Fsp3) is 0.620. The van der Waals surface area contributed by atoms with E-state index in [4.69, 9.17) is 49.4 Å². The number of nitrogens with one attached hydrogen (secondary N) is 4. The Hall–Kier alpha value is -8.97. The third kappa shape index (κ3) is 35.1. The normalized spacial score (nSPS) is 19.4. The van der Waals surface area contributed by atoms with Crippen molar-refractivity contribution >= 4 is 47.1 Å². The van der Waals surface area contributed by atoms with Crippen molar-refractivity contribution in [2.75, 3.05) is 108 Å². The van der Waals surface area contributed by atoms with Crippen LogP contribution in [0.3, 0.4) is 0 Å². The number of hydrogen-bond acceptors (Lipinski definition) is 27. The average molecular weight is 1590 g/mol. The van der Waals surface area contributed by atoms with Crippen molar-refractivity contribution in [2.45, 2.75) is 220 Å². The lowest BCUT2D eigenvalue weighted by atomic mass is 9.95. The fourth-order valence-corrected chi connectivity index (χ4v) is 11.7. The Labute approximate surface area is 664 Å². The Bertz CT molecular complexity index is 3550. The highest BCUT2D eigenvalue weighted by molar-refractivity contribution is 5.70. The number of nitro groups is 3. The summed E-state index contributed by atoms with van der Waals surface area (Å²) in [6.07, 6.45) is 2.01. The number of ether oxygens (including phenoxy) is 8. The summed E-state index contributed by atoms with van der Waals surface area (Å²) in [5.41, 5.74) is 12.5. The number of amides is 3. The first-order valence-corrected chi connectivity index (χ1v) is 37.9. The second-order valence-electron chi connectivity index (χ2n) is 33.9. The van der Waals surface area contributed by atoms with Gasteiger partial charge in [0.2, 0.25) is 0 Å². The number of nitrogens with zero attached hydrogens (tertiary/aromatic N) is 10. The van der Waals surface area contributed by atoms with E-state index in [-0.39, 0.29) is 59.1 Å². The van der Waals surface area contributed by atoms with Gasteiger partial charge in [0.1, 0.15) is 16.8 Å². The summed E-state index contributed by atoms with van der Waals surface area (Å²) in [5, 5.41) is 43.2. The van der Waals surface area contributed by atoms with Crippen LogP contribution >= 0.6 is 0 Å². The van der Waals surface area contributed by atoms with E-state index >= 15 is 0 Å². The molecule has 5 unspecified atom stereocenters. The van der Waals surface area contributed by atoms with Crippen LogP contribution in [0.25, 0.3) is 0 Å². The van der Waals surface area contributed by atoms with E-state index in [9.17, 15) is 49.1 Å². The van der Waals surface area contributed by atoms with E-state index in [0.717, 1.165) is 95.3 Å². The van der Waals surface area contributed by atoms with Crippen molar-refractivity contribution in [1.82, 2.24) is 46.0 Å². The highest BCUT2D eigenvalue weighted by atomic mass is 19.1. The van der Waals surface area contributed by atoms with Gasteiger partial charge in [0.05, 0.1) is 91.5 Å². The Morgan fingerprint density at radius 1 is 0.451 bits per heavy atom. The lowest BCUT2D eigenvalue weighted by Gasteiger charge is -2.42. The van der Waals surface area contributed by atoms with Crippen LogP contribution in [0.4, 0.5) is 47.6 Å². The predicted molar refractivity (Wildman–Crippen MR) is 429 cm³/mol. The van der Waals surface area contributed by atoms with Crippen LogP contribution in [0.1, 0.15) is 143 Å². The second kappa shape index (κ2) is 42.4. The summed E-state index contributed by atoms with van der Waals surface area (Å²) in [6.45, 7) is 48.7. The molecule has 0 radical (unpaired) electrons. The van der Waals surface area contributed by atoms with E-state index in [1.807, 2.05) is 99.8 Å². The number of pyridine rings is 3. The first-order valence-electron chi connectivity index (χ1n) is 37.9. The molecule has 33 nitrogen and oxygen atoms in total. The second-order valence-corrected chi connectivity index (χ2v) is 33.9. The number of benzene rings is 2. The van der Waals surface area contributed by atoms with Crippen LogP contribution in [0.2, 0.25) is 0 Å². The van der Waals surface area contributed by atoms with Gasteiger partial charge in [-0.05, 0) is 191 Å². The molecule has 3 aromatic heterocycles.